The molecule has 3 rings (SSSR count). The third kappa shape index (κ3) is 2.78. The van der Waals surface area contributed by atoms with E-state index in [0.29, 0.717) is 18.0 Å². The third-order valence-electron chi connectivity index (χ3n) is 4.68. The summed E-state index contributed by atoms with van der Waals surface area (Å²) in [6.07, 6.45) is 0.697. The number of hydrogen-bond acceptors (Lipinski definition) is 2. The van der Waals surface area contributed by atoms with Gasteiger partial charge in [0.1, 0.15) is 10.4 Å². The summed E-state index contributed by atoms with van der Waals surface area (Å²) in [7, 11) is 1.56. The lowest BCUT2D eigenvalue weighted by Gasteiger charge is -2.26. The molecule has 1 aliphatic heterocycles. The Kier molecular flexibility index (Phi) is 4.49. The molecule has 0 radical (unpaired) electrons. The van der Waals surface area contributed by atoms with Crippen LogP contribution >= 0.6 is 46.4 Å². The Bertz CT molecular complexity index is 724. The quantitative estimate of drug-likeness (QED) is 0.713. The first-order valence-corrected chi connectivity index (χ1v) is 9.01. The number of nitrogens with zero attached hydrogens (tertiary/aromatic N) is 2. The van der Waals surface area contributed by atoms with Crippen LogP contribution in [0, 0.1) is 6.92 Å². The SMILES string of the molecule is Cc1cc(N2CCC(N(C)C(=O)C3(Cl)CC3(Cl)Cl)C2=O)ccc1Cl. The van der Waals surface area contributed by atoms with Crippen LogP contribution in [-0.4, -0.2) is 45.6 Å². The molecule has 24 heavy (non-hydrogen) atoms. The number of aryl methyl sites for hydroxylation is 1. The standard InChI is InChI=1S/C16H16Cl4N2O2/c1-9-7-10(3-4-11(9)17)22-6-5-12(13(22)23)21(2)14(24)15(18)8-16(15,19)20/h3-4,7,12H,5-6,8H2,1-2H3. The van der Waals surface area contributed by atoms with Gasteiger partial charge in [-0.25, -0.2) is 0 Å². The van der Waals surface area contributed by atoms with Gasteiger partial charge in [0.05, 0.1) is 0 Å². The number of likely N-dealkylation sites (N-methyl/N-ethyl adjacent to an activating group) is 1. The fourth-order valence-corrected chi connectivity index (χ4v) is 4.14. The van der Waals surface area contributed by atoms with Crippen LogP contribution in [0.15, 0.2) is 18.2 Å². The molecular formula is C16H16Cl4N2O2. The molecule has 1 aromatic carbocycles. The van der Waals surface area contributed by atoms with E-state index >= 15 is 0 Å². The van der Waals surface area contributed by atoms with Crippen molar-refractivity contribution in [2.75, 3.05) is 18.5 Å². The number of carbonyl (C=O) groups is 2. The first kappa shape index (κ1) is 18.1. The highest BCUT2D eigenvalue weighted by molar-refractivity contribution is 6.62. The van der Waals surface area contributed by atoms with Crippen molar-refractivity contribution in [3.8, 4) is 0 Å². The van der Waals surface area contributed by atoms with Gasteiger partial charge in [0, 0.05) is 30.7 Å². The van der Waals surface area contributed by atoms with Crippen LogP contribution in [0.5, 0.6) is 0 Å². The molecule has 130 valence electrons. The monoisotopic (exact) mass is 408 g/mol. The van der Waals surface area contributed by atoms with Crippen LogP contribution in [0.4, 0.5) is 5.69 Å². The first-order valence-electron chi connectivity index (χ1n) is 7.50. The van der Waals surface area contributed by atoms with E-state index in [1.165, 1.54) is 4.90 Å². The van der Waals surface area contributed by atoms with Crippen molar-refractivity contribution in [2.24, 2.45) is 0 Å². The molecule has 0 N–H and O–H groups in total. The predicted octanol–water partition coefficient (Wildman–Crippen LogP) is 3.77. The molecule has 1 saturated heterocycles. The molecule has 1 heterocycles. The number of carbonyl (C=O) groups excluding carboxylic acids is 2. The van der Waals surface area contributed by atoms with Gasteiger partial charge >= 0.3 is 0 Å². The molecule has 0 spiro atoms. The van der Waals surface area contributed by atoms with E-state index < -0.39 is 21.2 Å². The highest BCUT2D eigenvalue weighted by Gasteiger charge is 2.72. The molecule has 0 aromatic heterocycles. The second-order valence-corrected chi connectivity index (χ2v) is 8.86. The Morgan fingerprint density at radius 1 is 1.33 bits per heavy atom. The summed E-state index contributed by atoms with van der Waals surface area (Å²) in [5.74, 6) is -0.565. The summed E-state index contributed by atoms with van der Waals surface area (Å²) in [5.41, 5.74) is 1.66. The highest BCUT2D eigenvalue weighted by Crippen LogP contribution is 2.62. The number of rotatable bonds is 3. The summed E-state index contributed by atoms with van der Waals surface area (Å²) in [6.45, 7) is 2.40. The van der Waals surface area contributed by atoms with E-state index in [2.05, 4.69) is 0 Å². The van der Waals surface area contributed by atoms with Gasteiger partial charge in [-0.1, -0.05) is 34.8 Å². The zero-order valence-corrected chi connectivity index (χ0v) is 16.2. The van der Waals surface area contributed by atoms with Crippen molar-refractivity contribution in [3.05, 3.63) is 28.8 Å². The fraction of sp³-hybridized carbons (Fsp3) is 0.500. The van der Waals surface area contributed by atoms with Crippen molar-refractivity contribution in [3.63, 3.8) is 0 Å². The maximum atomic E-state index is 12.7. The molecule has 2 amide bonds. The first-order chi connectivity index (χ1) is 11.1. The van der Waals surface area contributed by atoms with Crippen LogP contribution in [0.3, 0.4) is 0 Å². The topological polar surface area (TPSA) is 40.6 Å². The van der Waals surface area contributed by atoms with E-state index in [4.69, 9.17) is 46.4 Å². The van der Waals surface area contributed by atoms with Crippen LogP contribution < -0.4 is 4.90 Å². The molecular weight excluding hydrogens is 394 g/mol. The zero-order valence-electron chi connectivity index (χ0n) is 13.2. The fourth-order valence-electron chi connectivity index (χ4n) is 2.99. The van der Waals surface area contributed by atoms with E-state index in [1.54, 1.807) is 24.1 Å². The van der Waals surface area contributed by atoms with Gasteiger partial charge in [0.25, 0.3) is 0 Å². The van der Waals surface area contributed by atoms with E-state index in [1.807, 2.05) is 13.0 Å². The maximum absolute atomic E-state index is 12.7. The van der Waals surface area contributed by atoms with Crippen LogP contribution in [0.2, 0.25) is 5.02 Å². The number of halogens is 4. The van der Waals surface area contributed by atoms with Crippen molar-refractivity contribution in [1.29, 1.82) is 0 Å². The largest absolute Gasteiger partial charge is 0.332 e. The second-order valence-electron chi connectivity index (χ2n) is 6.33. The molecule has 0 bridgehead atoms. The lowest BCUT2D eigenvalue weighted by Crippen LogP contribution is -2.47. The summed E-state index contributed by atoms with van der Waals surface area (Å²) in [5, 5.41) is 0.646. The smallest absolute Gasteiger partial charge is 0.249 e. The molecule has 1 saturated carbocycles. The minimum Gasteiger partial charge on any atom is -0.332 e. The van der Waals surface area contributed by atoms with Crippen LogP contribution in [-0.2, 0) is 9.59 Å². The van der Waals surface area contributed by atoms with Gasteiger partial charge in [0.2, 0.25) is 11.8 Å². The minimum absolute atomic E-state index is 0.150. The van der Waals surface area contributed by atoms with Gasteiger partial charge < -0.3 is 9.80 Å². The summed E-state index contributed by atoms with van der Waals surface area (Å²) < 4.78 is -1.27. The normalized spacial score (nSPS) is 28.2. The average Bonchev–Trinajstić information content (AvgIpc) is 2.85. The van der Waals surface area contributed by atoms with Crippen LogP contribution in [0.25, 0.3) is 0 Å². The number of alkyl halides is 3. The second kappa shape index (κ2) is 5.94. The Labute approximate surface area is 160 Å². The number of amides is 2. The molecule has 1 aromatic rings. The molecule has 2 atom stereocenters. The molecule has 2 unspecified atom stereocenters. The molecule has 2 aliphatic rings. The summed E-state index contributed by atoms with van der Waals surface area (Å²) >= 11 is 24.2. The van der Waals surface area contributed by atoms with Crippen LogP contribution in [0.1, 0.15) is 18.4 Å². The Morgan fingerprint density at radius 3 is 2.50 bits per heavy atom. The van der Waals surface area contributed by atoms with E-state index in [-0.39, 0.29) is 12.3 Å². The van der Waals surface area contributed by atoms with E-state index in [0.717, 1.165) is 11.3 Å². The minimum atomic E-state index is -1.34. The maximum Gasteiger partial charge on any atom is 0.249 e. The van der Waals surface area contributed by atoms with Gasteiger partial charge in [0.15, 0.2) is 4.87 Å². The molecule has 8 heteroatoms. The van der Waals surface area contributed by atoms with Crippen molar-refractivity contribution in [2.45, 2.75) is 35.0 Å². The zero-order chi connectivity index (χ0) is 17.9. The van der Waals surface area contributed by atoms with Crippen molar-refractivity contribution >= 4 is 63.9 Å². The number of benzene rings is 1. The average molecular weight is 410 g/mol. The van der Waals surface area contributed by atoms with Gasteiger partial charge in [-0.05, 0) is 37.1 Å². The summed E-state index contributed by atoms with van der Waals surface area (Å²) in [6, 6.07) is 4.84. The van der Waals surface area contributed by atoms with E-state index in [9.17, 15) is 9.59 Å². The Morgan fingerprint density at radius 2 is 1.96 bits per heavy atom. The Balaban J connectivity index is 1.76. The molecule has 1 aliphatic carbocycles. The lowest BCUT2D eigenvalue weighted by molar-refractivity contribution is -0.137. The van der Waals surface area contributed by atoms with Crippen molar-refractivity contribution < 1.29 is 9.59 Å². The van der Waals surface area contributed by atoms with Gasteiger partial charge in [-0.3, -0.25) is 9.59 Å². The van der Waals surface area contributed by atoms with Gasteiger partial charge in [-0.2, -0.15) is 0 Å². The number of anilines is 1. The lowest BCUT2D eigenvalue weighted by atomic mass is 10.2. The summed E-state index contributed by atoms with van der Waals surface area (Å²) in [4.78, 5) is 27.0. The molecule has 4 nitrogen and oxygen atoms in total. The predicted molar refractivity (Wildman–Crippen MR) is 97.4 cm³/mol. The third-order valence-corrected chi connectivity index (χ3v) is 6.83. The highest BCUT2D eigenvalue weighted by atomic mass is 35.5. The molecule has 2 fully saturated rings. The Hall–Kier alpha value is -0.680. The van der Waals surface area contributed by atoms with Gasteiger partial charge in [-0.15, -0.1) is 11.6 Å². The van der Waals surface area contributed by atoms with Crippen molar-refractivity contribution in [1.82, 2.24) is 4.90 Å². The number of hydrogen-bond donors (Lipinski definition) is 0.